The van der Waals surface area contributed by atoms with Crippen LogP contribution >= 0.6 is 0 Å². The molecule has 2 aromatic carbocycles. The first-order chi connectivity index (χ1) is 14.8. The fourth-order valence-corrected chi connectivity index (χ4v) is 4.37. The number of nitrogens with one attached hydrogen (secondary N) is 2. The number of carbonyl (C=O) groups excluding carboxylic acids is 1. The number of carbonyl (C=O) groups is 1. The second kappa shape index (κ2) is 11.8. The van der Waals surface area contributed by atoms with E-state index in [0.717, 1.165) is 30.9 Å². The van der Waals surface area contributed by atoms with E-state index in [1.807, 2.05) is 24.3 Å². The first kappa shape index (κ1) is 24.8. The molecular weight excluding hydrogens is 414 g/mol. The largest absolute Gasteiger partial charge is 0.492 e. The third kappa shape index (κ3) is 7.65. The van der Waals surface area contributed by atoms with Gasteiger partial charge in [-0.1, -0.05) is 38.1 Å². The summed E-state index contributed by atoms with van der Waals surface area (Å²) in [5.74, 6) is 0.381. The summed E-state index contributed by atoms with van der Waals surface area (Å²) in [6.45, 7) is 11.3. The van der Waals surface area contributed by atoms with E-state index in [1.165, 1.54) is 12.1 Å². The molecule has 31 heavy (non-hydrogen) atoms. The second-order valence-electron chi connectivity index (χ2n) is 7.47. The molecule has 0 aromatic heterocycles. The minimum absolute atomic E-state index is 0.0639. The minimum Gasteiger partial charge on any atom is -0.492 e. The lowest BCUT2D eigenvalue weighted by atomic mass is 10.1. The highest BCUT2D eigenvalue weighted by molar-refractivity contribution is 7.89. The standard InChI is InChI=1S/C23H33N3O4S/c1-5-26(6-2)14-15-30-22-13-8-7-10-20(22)17-24-23(27)19-11-9-12-21(16-19)31(28,29)25-18(3)4/h7-13,16,18,25H,5-6,14-15,17H2,1-4H3,(H,24,27). The van der Waals surface area contributed by atoms with E-state index < -0.39 is 10.0 Å². The summed E-state index contributed by atoms with van der Waals surface area (Å²) in [4.78, 5) is 15.0. The van der Waals surface area contributed by atoms with Gasteiger partial charge in [-0.05, 0) is 51.2 Å². The van der Waals surface area contributed by atoms with Gasteiger partial charge in [0.25, 0.3) is 5.91 Å². The van der Waals surface area contributed by atoms with Crippen LogP contribution in [0.3, 0.4) is 0 Å². The zero-order valence-corrected chi connectivity index (χ0v) is 19.5. The lowest BCUT2D eigenvalue weighted by Gasteiger charge is -2.19. The highest BCUT2D eigenvalue weighted by Crippen LogP contribution is 2.18. The average molecular weight is 448 g/mol. The highest BCUT2D eigenvalue weighted by Gasteiger charge is 2.17. The molecule has 0 spiro atoms. The number of hydrogen-bond donors (Lipinski definition) is 2. The Morgan fingerprint density at radius 3 is 2.45 bits per heavy atom. The van der Waals surface area contributed by atoms with Gasteiger partial charge in [0.05, 0.1) is 4.90 Å². The van der Waals surface area contributed by atoms with Crippen molar-refractivity contribution in [3.05, 3.63) is 59.7 Å². The molecule has 7 nitrogen and oxygen atoms in total. The van der Waals surface area contributed by atoms with E-state index >= 15 is 0 Å². The Labute approximate surface area is 185 Å². The smallest absolute Gasteiger partial charge is 0.251 e. The van der Waals surface area contributed by atoms with Crippen molar-refractivity contribution in [1.82, 2.24) is 14.9 Å². The molecule has 2 rings (SSSR count). The molecule has 0 atom stereocenters. The van der Waals surface area contributed by atoms with E-state index in [9.17, 15) is 13.2 Å². The molecule has 0 heterocycles. The first-order valence-corrected chi connectivity index (χ1v) is 12.1. The van der Waals surface area contributed by atoms with Crippen molar-refractivity contribution >= 4 is 15.9 Å². The number of sulfonamides is 1. The van der Waals surface area contributed by atoms with Crippen molar-refractivity contribution in [2.24, 2.45) is 0 Å². The summed E-state index contributed by atoms with van der Waals surface area (Å²) >= 11 is 0. The van der Waals surface area contributed by atoms with Crippen LogP contribution in [0.15, 0.2) is 53.4 Å². The van der Waals surface area contributed by atoms with Gasteiger partial charge in [-0.3, -0.25) is 4.79 Å². The maximum Gasteiger partial charge on any atom is 0.251 e. The van der Waals surface area contributed by atoms with Gasteiger partial charge in [0.15, 0.2) is 0 Å². The van der Waals surface area contributed by atoms with Crippen molar-refractivity contribution in [3.63, 3.8) is 0 Å². The van der Waals surface area contributed by atoms with Crippen LogP contribution in [0.4, 0.5) is 0 Å². The third-order valence-corrected chi connectivity index (χ3v) is 6.43. The molecule has 0 aliphatic heterocycles. The molecule has 2 N–H and O–H groups in total. The molecule has 0 aliphatic carbocycles. The van der Waals surface area contributed by atoms with E-state index in [-0.39, 0.29) is 29.0 Å². The Morgan fingerprint density at radius 2 is 1.77 bits per heavy atom. The highest BCUT2D eigenvalue weighted by atomic mass is 32.2. The number of hydrogen-bond acceptors (Lipinski definition) is 5. The average Bonchev–Trinajstić information content (AvgIpc) is 2.75. The molecule has 8 heteroatoms. The van der Waals surface area contributed by atoms with Gasteiger partial charge in [-0.25, -0.2) is 13.1 Å². The van der Waals surface area contributed by atoms with Crippen LogP contribution in [-0.2, 0) is 16.6 Å². The fraction of sp³-hybridized carbons (Fsp3) is 0.435. The maximum atomic E-state index is 12.6. The lowest BCUT2D eigenvalue weighted by molar-refractivity contribution is 0.0950. The van der Waals surface area contributed by atoms with Gasteiger partial charge in [0, 0.05) is 30.3 Å². The summed E-state index contributed by atoms with van der Waals surface area (Å²) in [6, 6.07) is 13.4. The molecule has 0 fully saturated rings. The Bertz CT molecular complexity index is 957. The number of amides is 1. The second-order valence-corrected chi connectivity index (χ2v) is 9.18. The summed E-state index contributed by atoms with van der Waals surface area (Å²) in [5, 5.41) is 2.85. The van der Waals surface area contributed by atoms with Gasteiger partial charge in [0.1, 0.15) is 12.4 Å². The van der Waals surface area contributed by atoms with Crippen LogP contribution in [0.1, 0.15) is 43.6 Å². The number of likely N-dealkylation sites (N-methyl/N-ethyl adjacent to an activating group) is 1. The predicted molar refractivity (Wildman–Crippen MR) is 123 cm³/mol. The molecule has 1 amide bonds. The van der Waals surface area contributed by atoms with E-state index in [0.29, 0.717) is 6.61 Å². The zero-order valence-electron chi connectivity index (χ0n) is 18.7. The molecule has 0 aliphatic rings. The fourth-order valence-electron chi connectivity index (χ4n) is 3.08. The molecule has 0 bridgehead atoms. The van der Waals surface area contributed by atoms with Crippen molar-refractivity contribution in [1.29, 1.82) is 0 Å². The SMILES string of the molecule is CCN(CC)CCOc1ccccc1CNC(=O)c1cccc(S(=O)(=O)NC(C)C)c1. The molecule has 0 radical (unpaired) electrons. The number of rotatable bonds is 12. The van der Waals surface area contributed by atoms with E-state index in [1.54, 1.807) is 26.0 Å². The Kier molecular flexibility index (Phi) is 9.48. The molecule has 170 valence electrons. The van der Waals surface area contributed by atoms with Gasteiger partial charge in [0.2, 0.25) is 10.0 Å². The number of benzene rings is 2. The molecule has 0 unspecified atom stereocenters. The van der Waals surface area contributed by atoms with Gasteiger partial charge in [-0.15, -0.1) is 0 Å². The van der Waals surface area contributed by atoms with Crippen molar-refractivity contribution in [3.8, 4) is 5.75 Å². The molecule has 0 saturated carbocycles. The number of nitrogens with zero attached hydrogens (tertiary/aromatic N) is 1. The lowest BCUT2D eigenvalue weighted by Crippen LogP contribution is -2.30. The normalized spacial score (nSPS) is 11.7. The van der Waals surface area contributed by atoms with Crippen molar-refractivity contribution in [2.75, 3.05) is 26.2 Å². The van der Waals surface area contributed by atoms with Crippen molar-refractivity contribution in [2.45, 2.75) is 45.2 Å². The van der Waals surface area contributed by atoms with E-state index in [2.05, 4.69) is 28.8 Å². The predicted octanol–water partition coefficient (Wildman–Crippen LogP) is 3.02. The summed E-state index contributed by atoms with van der Waals surface area (Å²) in [5.41, 5.74) is 1.15. The maximum absolute atomic E-state index is 12.6. The van der Waals surface area contributed by atoms with Gasteiger partial charge < -0.3 is 15.0 Å². The number of para-hydroxylation sites is 1. The first-order valence-electron chi connectivity index (χ1n) is 10.6. The van der Waals surface area contributed by atoms with Gasteiger partial charge in [-0.2, -0.15) is 0 Å². The Balaban J connectivity index is 2.03. The summed E-state index contributed by atoms with van der Waals surface area (Å²) < 4.78 is 33.2. The zero-order chi connectivity index (χ0) is 22.9. The van der Waals surface area contributed by atoms with Crippen molar-refractivity contribution < 1.29 is 17.9 Å². The third-order valence-electron chi connectivity index (χ3n) is 4.77. The Hall–Kier alpha value is -2.42. The molecule has 0 saturated heterocycles. The van der Waals surface area contributed by atoms with E-state index in [4.69, 9.17) is 4.74 Å². The van der Waals surface area contributed by atoms with Crippen LogP contribution in [0.2, 0.25) is 0 Å². The van der Waals surface area contributed by atoms with Crippen LogP contribution in [0.5, 0.6) is 5.75 Å². The summed E-state index contributed by atoms with van der Waals surface area (Å²) in [7, 11) is -3.67. The summed E-state index contributed by atoms with van der Waals surface area (Å²) in [6.07, 6.45) is 0. The van der Waals surface area contributed by atoms with Crippen LogP contribution in [-0.4, -0.2) is 51.5 Å². The molecular formula is C23H33N3O4S. The molecule has 2 aromatic rings. The van der Waals surface area contributed by atoms with Gasteiger partial charge >= 0.3 is 0 Å². The topological polar surface area (TPSA) is 87.7 Å². The van der Waals surface area contributed by atoms with Crippen LogP contribution in [0.25, 0.3) is 0 Å². The van der Waals surface area contributed by atoms with Crippen LogP contribution in [0, 0.1) is 0 Å². The monoisotopic (exact) mass is 447 g/mol. The Morgan fingerprint density at radius 1 is 1.06 bits per heavy atom. The quantitative estimate of drug-likeness (QED) is 0.522. The minimum atomic E-state index is -3.67. The number of ether oxygens (including phenoxy) is 1. The van der Waals surface area contributed by atoms with Crippen LogP contribution < -0.4 is 14.8 Å².